The maximum atomic E-state index is 12.8. The second-order valence-corrected chi connectivity index (χ2v) is 5.55. The Labute approximate surface area is 139 Å². The average Bonchev–Trinajstić information content (AvgIpc) is 2.59. The van der Waals surface area contributed by atoms with Crippen LogP contribution in [-0.2, 0) is 4.79 Å². The number of carbonyl (C=O) groups is 2. The lowest BCUT2D eigenvalue weighted by Crippen LogP contribution is -2.37. The number of nitrogens with two attached hydrogens (primary N) is 1. The van der Waals surface area contributed by atoms with Crippen LogP contribution in [0.3, 0.4) is 0 Å². The van der Waals surface area contributed by atoms with Crippen LogP contribution in [0.15, 0.2) is 60.7 Å². The van der Waals surface area contributed by atoms with Crippen LogP contribution in [-0.4, -0.2) is 16.8 Å². The van der Waals surface area contributed by atoms with Crippen LogP contribution in [0.2, 0.25) is 0 Å². The number of benzene rings is 2. The molecule has 5 heteroatoms. The molecule has 1 atom stereocenters. The number of para-hydroxylation sites is 1. The normalized spacial score (nSPS) is 11.9. The molecular weight excluding hydrogens is 302 g/mol. The minimum Gasteiger partial charge on any atom is -0.368 e. The van der Waals surface area contributed by atoms with Crippen molar-refractivity contribution in [3.8, 4) is 0 Å². The van der Waals surface area contributed by atoms with Crippen molar-refractivity contribution in [1.29, 1.82) is 0 Å². The van der Waals surface area contributed by atoms with E-state index in [0.29, 0.717) is 11.1 Å². The highest BCUT2D eigenvalue weighted by Gasteiger charge is 2.22. The first kappa shape index (κ1) is 15.7. The van der Waals surface area contributed by atoms with Gasteiger partial charge in [0, 0.05) is 11.1 Å². The van der Waals surface area contributed by atoms with Crippen LogP contribution in [0.1, 0.15) is 27.7 Å². The summed E-state index contributed by atoms with van der Waals surface area (Å²) in [6.45, 7) is 1.83. The molecule has 2 aromatic carbocycles. The number of aryl methyl sites for hydroxylation is 1. The van der Waals surface area contributed by atoms with E-state index in [9.17, 15) is 9.59 Å². The molecule has 0 aliphatic rings. The van der Waals surface area contributed by atoms with Gasteiger partial charge < -0.3 is 11.1 Å². The van der Waals surface area contributed by atoms with Crippen molar-refractivity contribution < 1.29 is 9.59 Å². The van der Waals surface area contributed by atoms with Gasteiger partial charge in [-0.3, -0.25) is 14.6 Å². The van der Waals surface area contributed by atoms with E-state index in [2.05, 4.69) is 10.3 Å². The number of pyridine rings is 1. The molecule has 1 heterocycles. The Morgan fingerprint density at radius 2 is 1.71 bits per heavy atom. The molecule has 3 rings (SSSR count). The second-order valence-electron chi connectivity index (χ2n) is 5.55. The zero-order valence-electron chi connectivity index (χ0n) is 13.2. The van der Waals surface area contributed by atoms with Crippen molar-refractivity contribution >= 4 is 22.7 Å². The third-order valence-corrected chi connectivity index (χ3v) is 3.78. The zero-order chi connectivity index (χ0) is 17.1. The van der Waals surface area contributed by atoms with E-state index in [0.717, 1.165) is 16.6 Å². The fraction of sp³-hybridized carbons (Fsp3) is 0.105. The average molecular weight is 319 g/mol. The van der Waals surface area contributed by atoms with Crippen LogP contribution in [0.4, 0.5) is 0 Å². The highest BCUT2D eigenvalue weighted by Crippen LogP contribution is 2.20. The lowest BCUT2D eigenvalue weighted by atomic mass is 10.0. The molecule has 5 nitrogen and oxygen atoms in total. The van der Waals surface area contributed by atoms with E-state index >= 15 is 0 Å². The van der Waals surface area contributed by atoms with Gasteiger partial charge in [0.1, 0.15) is 6.04 Å². The summed E-state index contributed by atoms with van der Waals surface area (Å²) in [5, 5.41) is 3.46. The van der Waals surface area contributed by atoms with E-state index < -0.39 is 11.9 Å². The third kappa shape index (κ3) is 3.10. The van der Waals surface area contributed by atoms with Crippen molar-refractivity contribution in [2.24, 2.45) is 5.73 Å². The van der Waals surface area contributed by atoms with Gasteiger partial charge in [-0.05, 0) is 24.6 Å². The molecule has 3 aromatic rings. The van der Waals surface area contributed by atoms with Crippen LogP contribution >= 0.6 is 0 Å². The predicted molar refractivity (Wildman–Crippen MR) is 92.3 cm³/mol. The minimum atomic E-state index is -0.883. The Bertz CT molecular complexity index is 907. The fourth-order valence-electron chi connectivity index (χ4n) is 2.67. The summed E-state index contributed by atoms with van der Waals surface area (Å²) < 4.78 is 0. The van der Waals surface area contributed by atoms with E-state index in [1.165, 1.54) is 0 Å². The van der Waals surface area contributed by atoms with Gasteiger partial charge in [-0.15, -0.1) is 0 Å². The number of amides is 2. The van der Waals surface area contributed by atoms with Crippen LogP contribution < -0.4 is 11.1 Å². The molecule has 0 aliphatic carbocycles. The van der Waals surface area contributed by atoms with Gasteiger partial charge in [-0.25, -0.2) is 0 Å². The van der Waals surface area contributed by atoms with Gasteiger partial charge >= 0.3 is 0 Å². The van der Waals surface area contributed by atoms with E-state index in [1.807, 2.05) is 37.3 Å². The highest BCUT2D eigenvalue weighted by atomic mass is 16.2. The Balaban J connectivity index is 1.99. The topological polar surface area (TPSA) is 85.1 Å². The molecule has 24 heavy (non-hydrogen) atoms. The molecular formula is C19H17N3O2. The lowest BCUT2D eigenvalue weighted by molar-refractivity contribution is -0.120. The molecule has 0 radical (unpaired) electrons. The summed E-state index contributed by atoms with van der Waals surface area (Å²) in [5.41, 5.74) is 8.06. The summed E-state index contributed by atoms with van der Waals surface area (Å²) in [7, 11) is 0. The number of aromatic nitrogens is 1. The summed E-state index contributed by atoms with van der Waals surface area (Å²) in [6.07, 6.45) is 0. The van der Waals surface area contributed by atoms with Crippen molar-refractivity contribution in [2.75, 3.05) is 0 Å². The molecule has 120 valence electrons. The van der Waals surface area contributed by atoms with Crippen molar-refractivity contribution in [3.63, 3.8) is 0 Å². The molecule has 0 saturated carbocycles. The number of primary amides is 1. The van der Waals surface area contributed by atoms with Gasteiger partial charge in [0.05, 0.1) is 11.1 Å². The van der Waals surface area contributed by atoms with Gasteiger partial charge in [-0.2, -0.15) is 0 Å². The third-order valence-electron chi connectivity index (χ3n) is 3.78. The van der Waals surface area contributed by atoms with E-state index in [-0.39, 0.29) is 5.91 Å². The van der Waals surface area contributed by atoms with E-state index in [4.69, 9.17) is 5.73 Å². The number of rotatable bonds is 4. The van der Waals surface area contributed by atoms with Crippen LogP contribution in [0.25, 0.3) is 10.9 Å². The monoisotopic (exact) mass is 319 g/mol. The fourth-order valence-corrected chi connectivity index (χ4v) is 2.67. The first-order valence-corrected chi connectivity index (χ1v) is 7.58. The molecule has 0 bridgehead atoms. The largest absolute Gasteiger partial charge is 0.368 e. The molecule has 0 spiro atoms. The Morgan fingerprint density at radius 3 is 2.42 bits per heavy atom. The molecule has 2 amide bonds. The smallest absolute Gasteiger partial charge is 0.252 e. The molecule has 0 fully saturated rings. The van der Waals surface area contributed by atoms with Crippen molar-refractivity contribution in [1.82, 2.24) is 10.3 Å². The second kappa shape index (κ2) is 6.50. The van der Waals surface area contributed by atoms with Crippen LogP contribution in [0.5, 0.6) is 0 Å². The van der Waals surface area contributed by atoms with Gasteiger partial charge in [0.15, 0.2) is 0 Å². The summed E-state index contributed by atoms with van der Waals surface area (Å²) in [4.78, 5) is 29.0. The highest BCUT2D eigenvalue weighted by molar-refractivity contribution is 6.07. The Morgan fingerprint density at radius 1 is 1.04 bits per heavy atom. The SMILES string of the molecule is Cc1cc(C(=O)N[C@H](C(N)=O)c2ccccc2)c2ccccc2n1. The number of hydrogen-bond donors (Lipinski definition) is 2. The first-order chi connectivity index (χ1) is 11.6. The van der Waals surface area contributed by atoms with Crippen LogP contribution in [0, 0.1) is 6.92 Å². The molecule has 1 aromatic heterocycles. The molecule has 3 N–H and O–H groups in total. The Kier molecular flexibility index (Phi) is 4.24. The summed E-state index contributed by atoms with van der Waals surface area (Å²) >= 11 is 0. The summed E-state index contributed by atoms with van der Waals surface area (Å²) in [5.74, 6) is -0.964. The molecule has 0 saturated heterocycles. The van der Waals surface area contributed by atoms with Crippen molar-refractivity contribution in [2.45, 2.75) is 13.0 Å². The zero-order valence-corrected chi connectivity index (χ0v) is 13.2. The quantitative estimate of drug-likeness (QED) is 0.775. The first-order valence-electron chi connectivity index (χ1n) is 7.58. The van der Waals surface area contributed by atoms with Gasteiger partial charge in [-0.1, -0.05) is 48.5 Å². The standard InChI is InChI=1S/C19H17N3O2/c1-12-11-15(14-9-5-6-10-16(14)21-12)19(24)22-17(18(20)23)13-7-3-2-4-8-13/h2-11,17H,1H3,(H2,20,23)(H,22,24)/t17-/m0/s1. The lowest BCUT2D eigenvalue weighted by Gasteiger charge is -2.17. The van der Waals surface area contributed by atoms with Crippen molar-refractivity contribution in [3.05, 3.63) is 77.5 Å². The Hall–Kier alpha value is -3.21. The number of fused-ring (bicyclic) bond motifs is 1. The van der Waals surface area contributed by atoms with Gasteiger partial charge in [0.25, 0.3) is 5.91 Å². The maximum Gasteiger partial charge on any atom is 0.252 e. The summed E-state index contributed by atoms with van der Waals surface area (Å²) in [6, 6.07) is 17.2. The number of carbonyl (C=O) groups excluding carboxylic acids is 2. The maximum absolute atomic E-state index is 12.8. The van der Waals surface area contributed by atoms with E-state index in [1.54, 1.807) is 30.3 Å². The number of nitrogens with zero attached hydrogens (tertiary/aromatic N) is 1. The van der Waals surface area contributed by atoms with Gasteiger partial charge in [0.2, 0.25) is 5.91 Å². The number of nitrogens with one attached hydrogen (secondary N) is 1. The molecule has 0 aliphatic heterocycles. The minimum absolute atomic E-state index is 0.357. The number of hydrogen-bond acceptors (Lipinski definition) is 3. The molecule has 0 unspecified atom stereocenters. The predicted octanol–water partition coefficient (Wildman–Crippen LogP) is 2.50.